The standard InChI is InChI=1S/C13H16O5/c1-3-9(12(15)17-2)13(16)7-18-11-6-8(14)4-5-10(11)13/h4-6,9,14,16H,3,7H2,1-2H3. The lowest BCUT2D eigenvalue weighted by atomic mass is 9.81. The number of phenols is 1. The Kier molecular flexibility index (Phi) is 3.17. The third-order valence-corrected chi connectivity index (χ3v) is 3.35. The third-order valence-electron chi connectivity index (χ3n) is 3.35. The predicted octanol–water partition coefficient (Wildman–Crippen LogP) is 1.17. The number of esters is 1. The molecule has 1 aromatic rings. The van der Waals surface area contributed by atoms with E-state index in [0.29, 0.717) is 17.7 Å². The monoisotopic (exact) mass is 252 g/mol. The lowest BCUT2D eigenvalue weighted by Crippen LogP contribution is -2.41. The van der Waals surface area contributed by atoms with Crippen LogP contribution in [0.4, 0.5) is 0 Å². The molecule has 0 amide bonds. The van der Waals surface area contributed by atoms with Crippen LogP contribution in [0.1, 0.15) is 18.9 Å². The van der Waals surface area contributed by atoms with Gasteiger partial charge in [0.15, 0.2) is 0 Å². The van der Waals surface area contributed by atoms with Gasteiger partial charge in [0, 0.05) is 11.6 Å². The van der Waals surface area contributed by atoms with Gasteiger partial charge in [-0.1, -0.05) is 6.92 Å². The molecular weight excluding hydrogens is 236 g/mol. The molecular formula is C13H16O5. The van der Waals surface area contributed by atoms with Crippen molar-refractivity contribution >= 4 is 5.97 Å². The van der Waals surface area contributed by atoms with Crippen molar-refractivity contribution in [3.63, 3.8) is 0 Å². The van der Waals surface area contributed by atoms with Crippen LogP contribution in [0.2, 0.25) is 0 Å². The van der Waals surface area contributed by atoms with E-state index < -0.39 is 17.5 Å². The quantitative estimate of drug-likeness (QED) is 0.790. The molecule has 0 radical (unpaired) electrons. The number of hydrogen-bond acceptors (Lipinski definition) is 5. The highest BCUT2D eigenvalue weighted by Gasteiger charge is 2.48. The van der Waals surface area contributed by atoms with Gasteiger partial charge in [-0.3, -0.25) is 4.79 Å². The number of methoxy groups -OCH3 is 1. The molecule has 0 fully saturated rings. The van der Waals surface area contributed by atoms with E-state index in [1.165, 1.54) is 19.2 Å². The molecule has 98 valence electrons. The van der Waals surface area contributed by atoms with E-state index >= 15 is 0 Å². The number of carbonyl (C=O) groups excluding carboxylic acids is 1. The molecule has 2 atom stereocenters. The maximum absolute atomic E-state index is 11.7. The Balaban J connectivity index is 2.43. The van der Waals surface area contributed by atoms with Crippen LogP contribution in [0, 0.1) is 5.92 Å². The normalized spacial score (nSPS) is 23.1. The summed E-state index contributed by atoms with van der Waals surface area (Å²) in [6, 6.07) is 4.46. The van der Waals surface area contributed by atoms with E-state index in [-0.39, 0.29) is 12.4 Å². The van der Waals surface area contributed by atoms with Gasteiger partial charge in [0.05, 0.1) is 13.0 Å². The predicted molar refractivity (Wildman–Crippen MR) is 63.3 cm³/mol. The minimum absolute atomic E-state index is 0.0145. The molecule has 1 aliphatic heterocycles. The van der Waals surface area contributed by atoms with Gasteiger partial charge in [-0.2, -0.15) is 0 Å². The van der Waals surface area contributed by atoms with Gasteiger partial charge in [0.1, 0.15) is 23.7 Å². The summed E-state index contributed by atoms with van der Waals surface area (Å²) in [5.74, 6) is -0.693. The molecule has 5 nitrogen and oxygen atoms in total. The average Bonchev–Trinajstić information content (AvgIpc) is 2.68. The number of hydrogen-bond donors (Lipinski definition) is 2. The van der Waals surface area contributed by atoms with Gasteiger partial charge in [0.2, 0.25) is 0 Å². The zero-order valence-electron chi connectivity index (χ0n) is 10.3. The second-order valence-corrected chi connectivity index (χ2v) is 4.38. The molecule has 1 heterocycles. The molecule has 1 aliphatic rings. The van der Waals surface area contributed by atoms with Crippen LogP contribution in [-0.2, 0) is 15.1 Å². The van der Waals surface area contributed by atoms with E-state index in [2.05, 4.69) is 0 Å². The second kappa shape index (κ2) is 4.49. The number of fused-ring (bicyclic) bond motifs is 1. The Morgan fingerprint density at radius 2 is 2.33 bits per heavy atom. The van der Waals surface area contributed by atoms with Crippen LogP contribution < -0.4 is 4.74 Å². The van der Waals surface area contributed by atoms with Gasteiger partial charge in [-0.15, -0.1) is 0 Å². The topological polar surface area (TPSA) is 76.0 Å². The first-order valence-corrected chi connectivity index (χ1v) is 5.79. The third kappa shape index (κ3) is 1.80. The highest BCUT2D eigenvalue weighted by atomic mass is 16.5. The first-order chi connectivity index (χ1) is 8.52. The number of aliphatic hydroxyl groups is 1. The minimum atomic E-state index is -1.40. The fourth-order valence-corrected chi connectivity index (χ4v) is 2.38. The Morgan fingerprint density at radius 1 is 1.61 bits per heavy atom. The van der Waals surface area contributed by atoms with E-state index in [4.69, 9.17) is 9.47 Å². The fraction of sp³-hybridized carbons (Fsp3) is 0.462. The van der Waals surface area contributed by atoms with Crippen molar-refractivity contribution in [1.29, 1.82) is 0 Å². The maximum Gasteiger partial charge on any atom is 0.312 e. The van der Waals surface area contributed by atoms with Crippen LogP contribution in [0.25, 0.3) is 0 Å². The van der Waals surface area contributed by atoms with Gasteiger partial charge in [0.25, 0.3) is 0 Å². The Labute approximate surface area is 105 Å². The molecule has 0 saturated heterocycles. The smallest absolute Gasteiger partial charge is 0.312 e. The minimum Gasteiger partial charge on any atom is -0.508 e. The molecule has 5 heteroatoms. The van der Waals surface area contributed by atoms with Crippen molar-refractivity contribution < 1.29 is 24.5 Å². The summed E-state index contributed by atoms with van der Waals surface area (Å²) in [5.41, 5.74) is -0.886. The van der Waals surface area contributed by atoms with Crippen molar-refractivity contribution in [3.8, 4) is 11.5 Å². The molecule has 0 aliphatic carbocycles. The fourth-order valence-electron chi connectivity index (χ4n) is 2.38. The van der Waals surface area contributed by atoms with Gasteiger partial charge in [-0.25, -0.2) is 0 Å². The lowest BCUT2D eigenvalue weighted by Gasteiger charge is -2.28. The molecule has 0 aromatic heterocycles. The number of phenolic OH excluding ortho intramolecular Hbond substituents is 1. The maximum atomic E-state index is 11.7. The number of carbonyl (C=O) groups is 1. The van der Waals surface area contributed by atoms with E-state index in [0.717, 1.165) is 0 Å². The number of benzene rings is 1. The van der Waals surface area contributed by atoms with Crippen molar-refractivity contribution in [1.82, 2.24) is 0 Å². The highest BCUT2D eigenvalue weighted by Crippen LogP contribution is 2.44. The number of aromatic hydroxyl groups is 1. The summed E-state index contributed by atoms with van der Waals surface area (Å²) in [5, 5.41) is 20.1. The zero-order valence-corrected chi connectivity index (χ0v) is 10.3. The molecule has 2 rings (SSSR count). The number of ether oxygens (including phenoxy) is 2. The van der Waals surface area contributed by atoms with E-state index in [1.807, 2.05) is 0 Å². The second-order valence-electron chi connectivity index (χ2n) is 4.38. The van der Waals surface area contributed by atoms with Gasteiger partial charge < -0.3 is 19.7 Å². The zero-order chi connectivity index (χ0) is 13.3. The molecule has 0 spiro atoms. The van der Waals surface area contributed by atoms with E-state index in [9.17, 15) is 15.0 Å². The van der Waals surface area contributed by atoms with Crippen LogP contribution in [0.5, 0.6) is 11.5 Å². The summed E-state index contributed by atoms with van der Waals surface area (Å²) < 4.78 is 10.1. The van der Waals surface area contributed by atoms with Crippen molar-refractivity contribution in [2.24, 2.45) is 5.92 Å². The van der Waals surface area contributed by atoms with Crippen molar-refractivity contribution in [2.45, 2.75) is 18.9 Å². The summed E-state index contributed by atoms with van der Waals surface area (Å²) in [4.78, 5) is 11.7. The van der Waals surface area contributed by atoms with Crippen LogP contribution >= 0.6 is 0 Å². The van der Waals surface area contributed by atoms with Gasteiger partial charge >= 0.3 is 5.97 Å². The Morgan fingerprint density at radius 3 is 2.94 bits per heavy atom. The largest absolute Gasteiger partial charge is 0.508 e. The van der Waals surface area contributed by atoms with Gasteiger partial charge in [-0.05, 0) is 18.6 Å². The summed E-state index contributed by atoms with van der Waals surface area (Å²) >= 11 is 0. The SMILES string of the molecule is CCC(C(=O)OC)C1(O)COc2cc(O)ccc21. The molecule has 2 unspecified atom stereocenters. The first-order valence-electron chi connectivity index (χ1n) is 5.79. The lowest BCUT2D eigenvalue weighted by molar-refractivity contribution is -0.158. The molecule has 0 bridgehead atoms. The summed E-state index contributed by atoms with van der Waals surface area (Å²) in [7, 11) is 1.29. The van der Waals surface area contributed by atoms with Crippen LogP contribution in [-0.4, -0.2) is 29.9 Å². The summed E-state index contributed by atoms with van der Waals surface area (Å²) in [6.07, 6.45) is 0.437. The van der Waals surface area contributed by atoms with Crippen molar-refractivity contribution in [2.75, 3.05) is 13.7 Å². The highest BCUT2D eigenvalue weighted by molar-refractivity contribution is 5.75. The Hall–Kier alpha value is -1.75. The molecule has 1 aromatic carbocycles. The Bertz CT molecular complexity index is 470. The number of rotatable bonds is 3. The van der Waals surface area contributed by atoms with Crippen molar-refractivity contribution in [3.05, 3.63) is 23.8 Å². The molecule has 18 heavy (non-hydrogen) atoms. The summed E-state index contributed by atoms with van der Waals surface area (Å²) in [6.45, 7) is 1.79. The van der Waals surface area contributed by atoms with Crippen LogP contribution in [0.15, 0.2) is 18.2 Å². The molecule has 0 saturated carbocycles. The van der Waals surface area contributed by atoms with Crippen LogP contribution in [0.3, 0.4) is 0 Å². The first kappa shape index (κ1) is 12.7. The van der Waals surface area contributed by atoms with E-state index in [1.54, 1.807) is 13.0 Å². The molecule has 2 N–H and O–H groups in total. The average molecular weight is 252 g/mol.